The lowest BCUT2D eigenvalue weighted by molar-refractivity contribution is 0.0362. The Balaban J connectivity index is 2.57. The number of aliphatic hydroxyl groups is 1. The van der Waals surface area contributed by atoms with Crippen molar-refractivity contribution in [3.05, 3.63) is 34.6 Å². The van der Waals surface area contributed by atoms with Crippen LogP contribution in [0.2, 0.25) is 5.02 Å². The summed E-state index contributed by atoms with van der Waals surface area (Å²) in [7, 11) is 0. The molecule has 15 heavy (non-hydrogen) atoms. The van der Waals surface area contributed by atoms with E-state index in [0.717, 1.165) is 6.42 Å². The summed E-state index contributed by atoms with van der Waals surface area (Å²) in [6.45, 7) is 2.75. The number of benzene rings is 1. The fraction of sp³-hybridized carbons (Fsp3) is 0.455. The smallest absolute Gasteiger partial charge is 0.142 e. The lowest BCUT2D eigenvalue weighted by atomic mass is 10.1. The zero-order valence-corrected chi connectivity index (χ0v) is 9.30. The van der Waals surface area contributed by atoms with Crippen LogP contribution in [0.3, 0.4) is 0 Å². The van der Waals surface area contributed by atoms with E-state index in [1.54, 1.807) is 6.07 Å². The van der Waals surface area contributed by atoms with Crippen molar-refractivity contribution in [2.24, 2.45) is 0 Å². The van der Waals surface area contributed by atoms with Crippen LogP contribution in [0.5, 0.6) is 0 Å². The largest absolute Gasteiger partial charge is 0.386 e. The first kappa shape index (κ1) is 12.4. The zero-order valence-electron chi connectivity index (χ0n) is 8.54. The third-order valence-electron chi connectivity index (χ3n) is 1.95. The van der Waals surface area contributed by atoms with Gasteiger partial charge in [-0.25, -0.2) is 4.39 Å². The Labute approximate surface area is 93.6 Å². The molecule has 0 aromatic heterocycles. The van der Waals surface area contributed by atoms with Gasteiger partial charge < -0.3 is 9.84 Å². The number of hydrogen-bond donors (Lipinski definition) is 1. The van der Waals surface area contributed by atoms with E-state index >= 15 is 0 Å². The summed E-state index contributed by atoms with van der Waals surface area (Å²) in [5.74, 6) is -0.524. The minimum absolute atomic E-state index is 0.0560. The van der Waals surface area contributed by atoms with Gasteiger partial charge in [0.15, 0.2) is 0 Å². The standard InChI is InChI=1S/C11H14ClFO2/c1-2-5-15-7-11(14)8-3-4-9(12)10(13)6-8/h3-4,6,11,14H,2,5,7H2,1H3. The Kier molecular flexibility index (Phi) is 5.02. The Morgan fingerprint density at radius 1 is 1.53 bits per heavy atom. The molecule has 84 valence electrons. The van der Waals surface area contributed by atoms with E-state index in [4.69, 9.17) is 16.3 Å². The van der Waals surface area contributed by atoms with Crippen LogP contribution in [-0.4, -0.2) is 18.3 Å². The van der Waals surface area contributed by atoms with Crippen molar-refractivity contribution in [2.75, 3.05) is 13.2 Å². The molecule has 0 bridgehead atoms. The molecular weight excluding hydrogens is 219 g/mol. The molecule has 2 nitrogen and oxygen atoms in total. The molecular formula is C11H14ClFO2. The summed E-state index contributed by atoms with van der Waals surface area (Å²) in [5.41, 5.74) is 0.480. The molecule has 0 aliphatic carbocycles. The molecule has 0 fully saturated rings. The monoisotopic (exact) mass is 232 g/mol. The number of halogens is 2. The average molecular weight is 233 g/mol. The summed E-state index contributed by atoms with van der Waals surface area (Å²) in [6, 6.07) is 4.24. The van der Waals surface area contributed by atoms with Gasteiger partial charge in [-0.1, -0.05) is 24.6 Å². The summed E-state index contributed by atoms with van der Waals surface area (Å²) >= 11 is 5.52. The highest BCUT2D eigenvalue weighted by atomic mass is 35.5. The Morgan fingerprint density at radius 3 is 2.87 bits per heavy atom. The van der Waals surface area contributed by atoms with Crippen molar-refractivity contribution in [3.8, 4) is 0 Å². The van der Waals surface area contributed by atoms with Crippen LogP contribution in [0.4, 0.5) is 4.39 Å². The fourth-order valence-electron chi connectivity index (χ4n) is 1.16. The van der Waals surface area contributed by atoms with Gasteiger partial charge in [0, 0.05) is 6.61 Å². The Hall–Kier alpha value is -0.640. The van der Waals surface area contributed by atoms with E-state index in [1.807, 2.05) is 6.92 Å². The molecule has 0 aliphatic rings. The molecule has 1 N–H and O–H groups in total. The molecule has 0 saturated heterocycles. The lowest BCUT2D eigenvalue weighted by Gasteiger charge is -2.11. The fourth-order valence-corrected chi connectivity index (χ4v) is 1.27. The summed E-state index contributed by atoms with van der Waals surface area (Å²) in [5, 5.41) is 9.68. The van der Waals surface area contributed by atoms with Gasteiger partial charge in [-0.2, -0.15) is 0 Å². The van der Waals surface area contributed by atoms with E-state index in [9.17, 15) is 9.50 Å². The van der Waals surface area contributed by atoms with E-state index in [-0.39, 0.29) is 11.6 Å². The number of hydrogen-bond acceptors (Lipinski definition) is 2. The first-order valence-electron chi connectivity index (χ1n) is 4.86. The number of aliphatic hydroxyl groups excluding tert-OH is 1. The van der Waals surface area contributed by atoms with Gasteiger partial charge >= 0.3 is 0 Å². The van der Waals surface area contributed by atoms with Gasteiger partial charge in [0.2, 0.25) is 0 Å². The van der Waals surface area contributed by atoms with Crippen molar-refractivity contribution < 1.29 is 14.2 Å². The minimum atomic E-state index is -0.802. The van der Waals surface area contributed by atoms with Crippen LogP contribution in [0.1, 0.15) is 25.0 Å². The maximum Gasteiger partial charge on any atom is 0.142 e. The van der Waals surface area contributed by atoms with Gasteiger partial charge in [0.05, 0.1) is 11.6 Å². The van der Waals surface area contributed by atoms with Gasteiger partial charge in [-0.15, -0.1) is 0 Å². The van der Waals surface area contributed by atoms with Crippen molar-refractivity contribution in [2.45, 2.75) is 19.4 Å². The van der Waals surface area contributed by atoms with Crippen LogP contribution in [0.25, 0.3) is 0 Å². The molecule has 0 aliphatic heterocycles. The van der Waals surface area contributed by atoms with Crippen molar-refractivity contribution in [3.63, 3.8) is 0 Å². The first-order valence-corrected chi connectivity index (χ1v) is 5.23. The molecule has 1 unspecified atom stereocenters. The highest BCUT2D eigenvalue weighted by Gasteiger charge is 2.09. The molecule has 4 heteroatoms. The second-order valence-corrected chi connectivity index (χ2v) is 3.67. The Morgan fingerprint density at radius 2 is 2.27 bits per heavy atom. The molecule has 0 radical (unpaired) electrons. The Bertz CT molecular complexity index is 317. The number of ether oxygens (including phenoxy) is 1. The van der Waals surface area contributed by atoms with Crippen LogP contribution >= 0.6 is 11.6 Å². The third kappa shape index (κ3) is 3.78. The summed E-state index contributed by atoms with van der Waals surface area (Å²) < 4.78 is 18.2. The minimum Gasteiger partial charge on any atom is -0.386 e. The molecule has 0 amide bonds. The van der Waals surface area contributed by atoms with E-state index in [0.29, 0.717) is 12.2 Å². The molecule has 0 saturated carbocycles. The van der Waals surface area contributed by atoms with Crippen molar-refractivity contribution in [1.82, 2.24) is 0 Å². The summed E-state index contributed by atoms with van der Waals surface area (Å²) in [6.07, 6.45) is 0.0881. The topological polar surface area (TPSA) is 29.5 Å². The van der Waals surface area contributed by atoms with E-state index in [1.165, 1.54) is 12.1 Å². The predicted molar refractivity (Wildman–Crippen MR) is 57.5 cm³/mol. The first-order chi connectivity index (χ1) is 7.15. The molecule has 1 atom stereocenters. The highest BCUT2D eigenvalue weighted by Crippen LogP contribution is 2.20. The van der Waals surface area contributed by atoms with E-state index < -0.39 is 11.9 Å². The van der Waals surface area contributed by atoms with Gasteiger partial charge in [0.25, 0.3) is 0 Å². The van der Waals surface area contributed by atoms with Crippen LogP contribution < -0.4 is 0 Å². The lowest BCUT2D eigenvalue weighted by Crippen LogP contribution is -2.08. The van der Waals surface area contributed by atoms with Crippen LogP contribution in [0.15, 0.2) is 18.2 Å². The quantitative estimate of drug-likeness (QED) is 0.791. The molecule has 0 heterocycles. The molecule has 1 aromatic carbocycles. The molecule has 0 spiro atoms. The summed E-state index contributed by atoms with van der Waals surface area (Å²) in [4.78, 5) is 0. The normalized spacial score (nSPS) is 12.8. The van der Waals surface area contributed by atoms with Gasteiger partial charge in [-0.3, -0.25) is 0 Å². The second kappa shape index (κ2) is 6.05. The van der Waals surface area contributed by atoms with Crippen LogP contribution in [-0.2, 0) is 4.74 Å². The second-order valence-electron chi connectivity index (χ2n) is 3.26. The SMILES string of the molecule is CCCOCC(O)c1ccc(Cl)c(F)c1. The van der Waals surface area contributed by atoms with Crippen molar-refractivity contribution >= 4 is 11.6 Å². The predicted octanol–water partition coefficient (Wildman–Crippen LogP) is 2.94. The van der Waals surface area contributed by atoms with Gasteiger partial charge in [0.1, 0.15) is 11.9 Å². The zero-order chi connectivity index (χ0) is 11.3. The van der Waals surface area contributed by atoms with Gasteiger partial charge in [-0.05, 0) is 24.1 Å². The maximum absolute atomic E-state index is 13.0. The molecule has 1 rings (SSSR count). The van der Waals surface area contributed by atoms with Crippen LogP contribution in [0, 0.1) is 5.82 Å². The average Bonchev–Trinajstić information content (AvgIpc) is 2.22. The molecule has 1 aromatic rings. The number of rotatable bonds is 5. The highest BCUT2D eigenvalue weighted by molar-refractivity contribution is 6.30. The maximum atomic E-state index is 13.0. The third-order valence-corrected chi connectivity index (χ3v) is 2.26. The van der Waals surface area contributed by atoms with E-state index in [2.05, 4.69) is 0 Å². The van der Waals surface area contributed by atoms with Crippen molar-refractivity contribution in [1.29, 1.82) is 0 Å².